The zero-order valence-electron chi connectivity index (χ0n) is 7.01. The van der Waals surface area contributed by atoms with Crippen LogP contribution in [-0.2, 0) is 5.60 Å². The first-order chi connectivity index (χ1) is 6.42. The Labute approximate surface area is 83.2 Å². The van der Waals surface area contributed by atoms with Gasteiger partial charge in [-0.2, -0.15) is 13.2 Å². The molecular formula is C9H7F3OS. The smallest absolute Gasteiger partial charge is 0.375 e. The van der Waals surface area contributed by atoms with Gasteiger partial charge in [0.05, 0.1) is 6.42 Å². The van der Waals surface area contributed by atoms with Crippen LogP contribution < -0.4 is 0 Å². The molecule has 1 rings (SSSR count). The predicted molar refractivity (Wildman–Crippen MR) is 47.7 cm³/mol. The van der Waals surface area contributed by atoms with E-state index < -0.39 is 18.2 Å². The van der Waals surface area contributed by atoms with Crippen LogP contribution in [0, 0.1) is 12.3 Å². The van der Waals surface area contributed by atoms with Crippen LogP contribution in [0.2, 0.25) is 0 Å². The molecular weight excluding hydrogens is 213 g/mol. The zero-order valence-corrected chi connectivity index (χ0v) is 7.82. The molecule has 0 spiro atoms. The molecule has 1 N–H and O–H groups in total. The summed E-state index contributed by atoms with van der Waals surface area (Å²) in [6, 6.07) is 2.66. The van der Waals surface area contributed by atoms with Gasteiger partial charge in [0.1, 0.15) is 0 Å². The highest BCUT2D eigenvalue weighted by molar-refractivity contribution is 7.10. The number of halogens is 3. The molecule has 0 unspecified atom stereocenters. The highest BCUT2D eigenvalue weighted by atomic mass is 32.1. The molecule has 1 atom stereocenters. The Hall–Kier alpha value is -0.990. The van der Waals surface area contributed by atoms with Gasteiger partial charge in [-0.3, -0.25) is 0 Å². The Bertz CT molecular complexity index is 336. The van der Waals surface area contributed by atoms with Crippen LogP contribution in [0.3, 0.4) is 0 Å². The van der Waals surface area contributed by atoms with Crippen molar-refractivity contribution in [2.45, 2.75) is 18.2 Å². The van der Waals surface area contributed by atoms with Gasteiger partial charge in [0.2, 0.25) is 5.60 Å². The van der Waals surface area contributed by atoms with Crippen molar-refractivity contribution < 1.29 is 18.3 Å². The van der Waals surface area contributed by atoms with Gasteiger partial charge in [-0.05, 0) is 11.4 Å². The van der Waals surface area contributed by atoms with Gasteiger partial charge in [-0.25, -0.2) is 0 Å². The average molecular weight is 220 g/mol. The van der Waals surface area contributed by atoms with E-state index in [2.05, 4.69) is 0 Å². The van der Waals surface area contributed by atoms with Gasteiger partial charge in [0, 0.05) is 4.88 Å². The number of aliphatic hydroxyl groups is 1. The van der Waals surface area contributed by atoms with E-state index >= 15 is 0 Å². The first kappa shape index (κ1) is 11.1. The molecule has 0 radical (unpaired) electrons. The molecule has 1 aromatic rings. The van der Waals surface area contributed by atoms with Gasteiger partial charge in [-0.1, -0.05) is 6.07 Å². The van der Waals surface area contributed by atoms with Crippen LogP contribution >= 0.6 is 11.3 Å². The quantitative estimate of drug-likeness (QED) is 0.759. The molecule has 0 aromatic carbocycles. The van der Waals surface area contributed by atoms with E-state index in [4.69, 9.17) is 6.42 Å². The minimum atomic E-state index is -4.75. The molecule has 1 aromatic heterocycles. The summed E-state index contributed by atoms with van der Waals surface area (Å²) in [5, 5.41) is 10.9. The summed E-state index contributed by atoms with van der Waals surface area (Å²) < 4.78 is 37.5. The minimum absolute atomic E-state index is 0.178. The van der Waals surface area contributed by atoms with Gasteiger partial charge in [-0.15, -0.1) is 23.7 Å². The SMILES string of the molecule is C#CC[C@](O)(c1cccs1)C(F)(F)F. The molecule has 5 heteroatoms. The van der Waals surface area contributed by atoms with Gasteiger partial charge >= 0.3 is 6.18 Å². The van der Waals surface area contributed by atoms with Gasteiger partial charge in [0.25, 0.3) is 0 Å². The summed E-state index contributed by atoms with van der Waals surface area (Å²) in [5.41, 5.74) is -2.91. The molecule has 0 aliphatic rings. The number of hydrogen-bond acceptors (Lipinski definition) is 2. The fraction of sp³-hybridized carbons (Fsp3) is 0.333. The Kier molecular flexibility index (Phi) is 2.88. The first-order valence-corrected chi connectivity index (χ1v) is 4.56. The van der Waals surface area contributed by atoms with Crippen molar-refractivity contribution in [3.8, 4) is 12.3 Å². The molecule has 0 aliphatic heterocycles. The lowest BCUT2D eigenvalue weighted by molar-refractivity contribution is -0.263. The van der Waals surface area contributed by atoms with Gasteiger partial charge < -0.3 is 5.11 Å². The van der Waals surface area contributed by atoms with E-state index in [0.29, 0.717) is 0 Å². The molecule has 76 valence electrons. The number of alkyl halides is 3. The molecule has 0 bridgehead atoms. The zero-order chi connectivity index (χ0) is 10.8. The standard InChI is InChI=1S/C9H7F3OS/c1-2-5-8(13,9(10,11)12)7-4-3-6-14-7/h1,3-4,6,13H,5H2/t8-/m0/s1. The van der Waals surface area contributed by atoms with E-state index in [9.17, 15) is 18.3 Å². The topological polar surface area (TPSA) is 20.2 Å². The summed E-state index contributed by atoms with van der Waals surface area (Å²) in [6.45, 7) is 0. The van der Waals surface area contributed by atoms with Crippen molar-refractivity contribution in [3.63, 3.8) is 0 Å². The third kappa shape index (κ3) is 1.76. The molecule has 0 aliphatic carbocycles. The van der Waals surface area contributed by atoms with Crippen LogP contribution in [0.1, 0.15) is 11.3 Å². The summed E-state index contributed by atoms with van der Waals surface area (Å²) in [5.74, 6) is 1.84. The third-order valence-electron chi connectivity index (χ3n) is 1.76. The first-order valence-electron chi connectivity index (χ1n) is 3.68. The molecule has 0 fully saturated rings. The second-order valence-corrected chi connectivity index (χ2v) is 3.66. The van der Waals surface area contributed by atoms with Crippen molar-refractivity contribution in [1.29, 1.82) is 0 Å². The lowest BCUT2D eigenvalue weighted by Crippen LogP contribution is -2.41. The maximum absolute atomic E-state index is 12.5. The van der Waals surface area contributed by atoms with Gasteiger partial charge in [0.15, 0.2) is 0 Å². The van der Waals surface area contributed by atoms with Crippen molar-refractivity contribution in [2.24, 2.45) is 0 Å². The monoisotopic (exact) mass is 220 g/mol. The predicted octanol–water partition coefficient (Wildman–Crippen LogP) is 2.52. The normalized spacial score (nSPS) is 15.9. The second kappa shape index (κ2) is 3.64. The second-order valence-electron chi connectivity index (χ2n) is 2.72. The maximum atomic E-state index is 12.5. The number of rotatable bonds is 2. The minimum Gasteiger partial charge on any atom is -0.375 e. The van der Waals surface area contributed by atoms with Crippen LogP contribution in [0.15, 0.2) is 17.5 Å². The van der Waals surface area contributed by atoms with Crippen LogP contribution in [0.25, 0.3) is 0 Å². The number of thiophene rings is 1. The van der Waals surface area contributed by atoms with Crippen LogP contribution in [0.5, 0.6) is 0 Å². The number of hydrogen-bond donors (Lipinski definition) is 1. The average Bonchev–Trinajstić information content (AvgIpc) is 2.54. The van der Waals surface area contributed by atoms with E-state index in [1.807, 2.05) is 5.92 Å². The Morgan fingerprint density at radius 2 is 2.14 bits per heavy atom. The fourth-order valence-corrected chi connectivity index (χ4v) is 1.83. The maximum Gasteiger partial charge on any atom is 0.423 e. The molecule has 0 amide bonds. The Morgan fingerprint density at radius 1 is 1.50 bits per heavy atom. The van der Waals surface area contributed by atoms with Crippen molar-refractivity contribution in [1.82, 2.24) is 0 Å². The lowest BCUT2D eigenvalue weighted by atomic mass is 9.97. The Morgan fingerprint density at radius 3 is 2.50 bits per heavy atom. The van der Waals surface area contributed by atoms with Crippen LogP contribution in [0.4, 0.5) is 13.2 Å². The number of terminal acetylenes is 1. The van der Waals surface area contributed by atoms with E-state index in [0.717, 1.165) is 11.3 Å². The van der Waals surface area contributed by atoms with Crippen molar-refractivity contribution >= 4 is 11.3 Å². The van der Waals surface area contributed by atoms with E-state index in [-0.39, 0.29) is 4.88 Å². The largest absolute Gasteiger partial charge is 0.423 e. The molecule has 1 heterocycles. The molecule has 0 saturated heterocycles. The summed E-state index contributed by atoms with van der Waals surface area (Å²) in [6.07, 6.45) is -0.701. The molecule has 0 saturated carbocycles. The lowest BCUT2D eigenvalue weighted by Gasteiger charge is -2.27. The highest BCUT2D eigenvalue weighted by Gasteiger charge is 2.55. The molecule has 14 heavy (non-hydrogen) atoms. The van der Waals surface area contributed by atoms with E-state index in [1.54, 1.807) is 0 Å². The molecule has 1 nitrogen and oxygen atoms in total. The Balaban J connectivity index is 3.14. The third-order valence-corrected chi connectivity index (χ3v) is 2.78. The summed E-state index contributed by atoms with van der Waals surface area (Å²) in [7, 11) is 0. The summed E-state index contributed by atoms with van der Waals surface area (Å²) >= 11 is 0.831. The van der Waals surface area contributed by atoms with Crippen molar-refractivity contribution in [3.05, 3.63) is 22.4 Å². The van der Waals surface area contributed by atoms with Crippen molar-refractivity contribution in [2.75, 3.05) is 0 Å². The fourth-order valence-electron chi connectivity index (χ4n) is 0.989. The van der Waals surface area contributed by atoms with Crippen LogP contribution in [-0.4, -0.2) is 11.3 Å². The summed E-state index contributed by atoms with van der Waals surface area (Å²) in [4.78, 5) is -0.178. The van der Waals surface area contributed by atoms with E-state index in [1.165, 1.54) is 17.5 Å². The highest BCUT2D eigenvalue weighted by Crippen LogP contribution is 2.42.